The zero-order chi connectivity index (χ0) is 17.6. The van der Waals surface area contributed by atoms with Crippen molar-refractivity contribution in [3.05, 3.63) is 35.7 Å². The molecular formula is C16H23ClO7. The summed E-state index contributed by atoms with van der Waals surface area (Å²) >= 11 is 6.65. The molecule has 136 valence electrons. The first-order chi connectivity index (χ1) is 11.6. The highest BCUT2D eigenvalue weighted by Gasteiger charge is 2.74. The second-order valence-electron chi connectivity index (χ2n) is 5.08. The first-order valence-electron chi connectivity index (χ1n) is 7.43. The van der Waals surface area contributed by atoms with E-state index in [4.69, 9.17) is 44.8 Å². The first-order valence-corrected chi connectivity index (χ1v) is 7.81. The van der Waals surface area contributed by atoms with Gasteiger partial charge >= 0.3 is 0 Å². The van der Waals surface area contributed by atoms with Crippen LogP contribution in [0, 0.1) is 0 Å². The van der Waals surface area contributed by atoms with Crippen molar-refractivity contribution in [1.82, 2.24) is 0 Å². The van der Waals surface area contributed by atoms with Crippen molar-refractivity contribution in [2.75, 3.05) is 54.9 Å². The lowest BCUT2D eigenvalue weighted by Crippen LogP contribution is -2.29. The summed E-state index contributed by atoms with van der Waals surface area (Å²) in [4.78, 5) is 0. The zero-order valence-electron chi connectivity index (χ0n) is 14.3. The number of hydrogen-bond donors (Lipinski definition) is 0. The van der Waals surface area contributed by atoms with Gasteiger partial charge in [-0.15, -0.1) is 0 Å². The highest BCUT2D eigenvalue weighted by Crippen LogP contribution is 2.62. The van der Waals surface area contributed by atoms with Gasteiger partial charge in [-0.3, -0.25) is 0 Å². The number of ether oxygens (including phenoxy) is 7. The van der Waals surface area contributed by atoms with Crippen LogP contribution in [0.3, 0.4) is 0 Å². The van der Waals surface area contributed by atoms with Crippen molar-refractivity contribution in [3.8, 4) is 0 Å². The molecule has 0 aromatic rings. The molecule has 0 saturated carbocycles. The Balaban J connectivity index is 2.32. The number of epoxide rings is 1. The van der Waals surface area contributed by atoms with E-state index in [2.05, 4.69) is 0 Å². The van der Waals surface area contributed by atoms with Gasteiger partial charge in [-0.2, -0.15) is 0 Å². The van der Waals surface area contributed by atoms with Crippen molar-refractivity contribution in [3.63, 3.8) is 0 Å². The molecule has 0 aromatic heterocycles. The van der Waals surface area contributed by atoms with Crippen molar-refractivity contribution in [1.29, 1.82) is 0 Å². The van der Waals surface area contributed by atoms with Gasteiger partial charge in [0.2, 0.25) is 10.8 Å². The van der Waals surface area contributed by atoms with E-state index >= 15 is 0 Å². The molecule has 2 rings (SSSR count). The predicted molar refractivity (Wildman–Crippen MR) is 86.3 cm³/mol. The highest BCUT2D eigenvalue weighted by molar-refractivity contribution is 6.28. The van der Waals surface area contributed by atoms with Gasteiger partial charge in [0, 0.05) is 20.3 Å². The molecule has 1 aliphatic heterocycles. The van der Waals surface area contributed by atoms with Gasteiger partial charge in [-0.25, -0.2) is 0 Å². The van der Waals surface area contributed by atoms with Crippen molar-refractivity contribution < 1.29 is 33.2 Å². The van der Waals surface area contributed by atoms with Gasteiger partial charge in [0.15, 0.2) is 17.1 Å². The number of rotatable bonds is 11. The summed E-state index contributed by atoms with van der Waals surface area (Å²) in [6.07, 6.45) is 4.93. The third-order valence-corrected chi connectivity index (χ3v) is 4.12. The number of alkyl halides is 1. The van der Waals surface area contributed by atoms with E-state index in [1.807, 2.05) is 0 Å². The molecule has 1 heterocycles. The molecule has 1 fully saturated rings. The molecule has 0 spiro atoms. The smallest absolute Gasteiger partial charge is 0.241 e. The average Bonchev–Trinajstić information content (AvgIpc) is 3.19. The van der Waals surface area contributed by atoms with Crippen molar-refractivity contribution in [2.24, 2.45) is 0 Å². The lowest BCUT2D eigenvalue weighted by Gasteiger charge is -2.24. The van der Waals surface area contributed by atoms with Crippen molar-refractivity contribution >= 4 is 11.6 Å². The van der Waals surface area contributed by atoms with E-state index in [0.717, 1.165) is 0 Å². The van der Waals surface area contributed by atoms with Gasteiger partial charge in [0.25, 0.3) is 0 Å². The van der Waals surface area contributed by atoms with Crippen molar-refractivity contribution in [2.45, 2.75) is 10.7 Å². The molecule has 2 atom stereocenters. The fourth-order valence-electron chi connectivity index (χ4n) is 2.33. The standard InChI is InChI=1S/C16H23ClO7/c1-18-6-5-15-11-12(21-4)13(22-9-7-19-2)14(16(15,17)24-15)23-10-8-20-3/h5-6,11H,7-10H2,1-4H3. The van der Waals surface area contributed by atoms with Crippen LogP contribution in [0.15, 0.2) is 35.7 Å². The average molecular weight is 363 g/mol. The SMILES string of the molecule is COC=CC12C=C(OC)C(OCCOC)=C(OCCOC)C1(Cl)O2. The van der Waals surface area contributed by atoms with Gasteiger partial charge < -0.3 is 33.2 Å². The highest BCUT2D eigenvalue weighted by atomic mass is 35.5. The number of hydrogen-bond acceptors (Lipinski definition) is 7. The minimum atomic E-state index is -1.21. The van der Waals surface area contributed by atoms with Gasteiger partial charge in [0.1, 0.15) is 13.2 Å². The third-order valence-electron chi connectivity index (χ3n) is 3.58. The van der Waals surface area contributed by atoms with Crippen LogP contribution in [0.25, 0.3) is 0 Å². The fourth-order valence-corrected chi connectivity index (χ4v) is 2.72. The Morgan fingerprint density at radius 2 is 1.71 bits per heavy atom. The number of fused-ring (bicyclic) bond motifs is 1. The summed E-state index contributed by atoms with van der Waals surface area (Å²) in [5.74, 6) is 1.20. The van der Waals surface area contributed by atoms with E-state index in [1.54, 1.807) is 33.5 Å². The molecule has 2 unspecified atom stereocenters. The Morgan fingerprint density at radius 3 is 2.29 bits per heavy atom. The largest absolute Gasteiger partial charge is 0.505 e. The predicted octanol–water partition coefficient (Wildman–Crippen LogP) is 1.93. The maximum Gasteiger partial charge on any atom is 0.241 e. The molecule has 1 aliphatic carbocycles. The molecule has 1 saturated heterocycles. The van der Waals surface area contributed by atoms with Crippen LogP contribution in [-0.4, -0.2) is 65.5 Å². The number of methoxy groups -OCH3 is 4. The summed E-state index contributed by atoms with van der Waals surface area (Å²) in [5, 5.41) is -1.21. The summed E-state index contributed by atoms with van der Waals surface area (Å²) in [5.41, 5.74) is -0.910. The second-order valence-corrected chi connectivity index (χ2v) is 5.61. The summed E-state index contributed by atoms with van der Waals surface area (Å²) in [6, 6.07) is 0. The molecule has 2 aliphatic rings. The molecule has 0 radical (unpaired) electrons. The van der Waals surface area contributed by atoms with E-state index in [-0.39, 0.29) is 0 Å². The maximum absolute atomic E-state index is 6.65. The monoisotopic (exact) mass is 362 g/mol. The third kappa shape index (κ3) is 3.49. The normalized spacial score (nSPS) is 28.5. The molecule has 0 bridgehead atoms. The lowest BCUT2D eigenvalue weighted by molar-refractivity contribution is 0.0644. The van der Waals surface area contributed by atoms with Crippen LogP contribution in [0.2, 0.25) is 0 Å². The summed E-state index contributed by atoms with van der Waals surface area (Å²) in [7, 11) is 6.26. The molecule has 24 heavy (non-hydrogen) atoms. The van der Waals surface area contributed by atoms with Crippen LogP contribution < -0.4 is 0 Å². The Kier molecular flexibility index (Phi) is 6.40. The van der Waals surface area contributed by atoms with Gasteiger partial charge in [-0.05, 0) is 6.08 Å². The topological polar surface area (TPSA) is 67.9 Å². The summed E-state index contributed by atoms with van der Waals surface area (Å²) in [6.45, 7) is 1.42. The van der Waals surface area contributed by atoms with E-state index in [0.29, 0.717) is 43.7 Å². The molecular weight excluding hydrogens is 340 g/mol. The van der Waals surface area contributed by atoms with Crippen LogP contribution in [0.4, 0.5) is 0 Å². The van der Waals surface area contributed by atoms with E-state index in [9.17, 15) is 0 Å². The maximum atomic E-state index is 6.65. The van der Waals surface area contributed by atoms with Crippen LogP contribution in [0.1, 0.15) is 0 Å². The fraction of sp³-hybridized carbons (Fsp3) is 0.625. The van der Waals surface area contributed by atoms with Gasteiger partial charge in [0.05, 0.1) is 33.7 Å². The molecule has 0 N–H and O–H groups in total. The Bertz CT molecular complexity index is 531. The first kappa shape index (κ1) is 18.9. The minimum Gasteiger partial charge on any atom is -0.505 e. The Labute approximate surface area is 146 Å². The van der Waals surface area contributed by atoms with E-state index in [1.165, 1.54) is 13.4 Å². The molecule has 8 heteroatoms. The number of halogens is 1. The Morgan fingerprint density at radius 1 is 1.04 bits per heavy atom. The van der Waals surface area contributed by atoms with Crippen LogP contribution in [0.5, 0.6) is 0 Å². The van der Waals surface area contributed by atoms with E-state index < -0.39 is 10.7 Å². The van der Waals surface area contributed by atoms with Crippen LogP contribution >= 0.6 is 11.6 Å². The second kappa shape index (κ2) is 8.11. The lowest BCUT2D eigenvalue weighted by atomic mass is 9.96. The minimum absolute atomic E-state index is 0.294. The molecule has 7 nitrogen and oxygen atoms in total. The van der Waals surface area contributed by atoms with Gasteiger partial charge in [-0.1, -0.05) is 11.6 Å². The zero-order valence-corrected chi connectivity index (χ0v) is 15.1. The van der Waals surface area contributed by atoms with Crippen LogP contribution in [-0.2, 0) is 33.2 Å². The Hall–Kier alpha value is -1.41. The molecule has 0 amide bonds. The quantitative estimate of drug-likeness (QED) is 0.241. The molecule has 0 aromatic carbocycles. The summed E-state index contributed by atoms with van der Waals surface area (Å²) < 4.78 is 37.8.